The molecule has 10 heteroatoms. The van der Waals surface area contributed by atoms with Crippen LogP contribution in [-0.4, -0.2) is 43.5 Å². The van der Waals surface area contributed by atoms with Gasteiger partial charge in [0.05, 0.1) is 0 Å². The molecule has 1 saturated carbocycles. The first-order valence-corrected chi connectivity index (χ1v) is 9.23. The molecule has 1 saturated heterocycles. The lowest BCUT2D eigenvalue weighted by atomic mass is 10.2. The van der Waals surface area contributed by atoms with Gasteiger partial charge in [-0.1, -0.05) is 0 Å². The van der Waals surface area contributed by atoms with Gasteiger partial charge in [0.15, 0.2) is 17.2 Å². The van der Waals surface area contributed by atoms with Crippen LogP contribution in [-0.2, 0) is 6.18 Å². The minimum absolute atomic E-state index is 0.126. The quantitative estimate of drug-likeness (QED) is 0.739. The van der Waals surface area contributed by atoms with Crippen molar-refractivity contribution in [3.8, 4) is 0 Å². The maximum absolute atomic E-state index is 13.0. The van der Waals surface area contributed by atoms with Crippen molar-refractivity contribution in [2.24, 2.45) is 0 Å². The number of rotatable bonds is 4. The number of fused-ring (bicyclic) bond motifs is 1. The Labute approximate surface area is 158 Å². The SMILES string of the molecule is FC(F)(F)c1cn2ccnc(N3CCC(Nc4ccnc(C5CC5)n4)C3)c2n1. The molecule has 28 heavy (non-hydrogen) atoms. The van der Waals surface area contributed by atoms with Crippen LogP contribution in [0.3, 0.4) is 0 Å². The van der Waals surface area contributed by atoms with Crippen molar-refractivity contribution in [1.29, 1.82) is 0 Å². The minimum atomic E-state index is -4.48. The Morgan fingerprint density at radius 1 is 1.07 bits per heavy atom. The zero-order valence-corrected chi connectivity index (χ0v) is 14.9. The number of anilines is 2. The maximum Gasteiger partial charge on any atom is 0.434 e. The first-order valence-electron chi connectivity index (χ1n) is 9.23. The highest BCUT2D eigenvalue weighted by Gasteiger charge is 2.35. The lowest BCUT2D eigenvalue weighted by molar-refractivity contribution is -0.140. The molecule has 1 aliphatic heterocycles. The Morgan fingerprint density at radius 3 is 2.71 bits per heavy atom. The third kappa shape index (κ3) is 3.23. The van der Waals surface area contributed by atoms with Crippen molar-refractivity contribution < 1.29 is 13.2 Å². The molecule has 0 spiro atoms. The van der Waals surface area contributed by atoms with Crippen molar-refractivity contribution >= 4 is 17.3 Å². The fourth-order valence-electron chi connectivity index (χ4n) is 3.54. The van der Waals surface area contributed by atoms with E-state index < -0.39 is 11.9 Å². The van der Waals surface area contributed by atoms with Crippen molar-refractivity contribution in [1.82, 2.24) is 24.3 Å². The summed E-state index contributed by atoms with van der Waals surface area (Å²) < 4.78 is 40.4. The fraction of sp³-hybridized carbons (Fsp3) is 0.444. The van der Waals surface area contributed by atoms with Crippen molar-refractivity contribution in [3.63, 3.8) is 0 Å². The summed E-state index contributed by atoms with van der Waals surface area (Å²) in [6, 6.07) is 1.97. The largest absolute Gasteiger partial charge is 0.434 e. The average molecular weight is 389 g/mol. The number of nitrogens with zero attached hydrogens (tertiary/aromatic N) is 6. The number of alkyl halides is 3. The molecule has 0 amide bonds. The van der Waals surface area contributed by atoms with Gasteiger partial charge in [-0.15, -0.1) is 0 Å². The topological polar surface area (TPSA) is 71.2 Å². The van der Waals surface area contributed by atoms with Gasteiger partial charge in [0.25, 0.3) is 0 Å². The van der Waals surface area contributed by atoms with Crippen LogP contribution in [0.4, 0.5) is 24.8 Å². The number of halogens is 3. The highest BCUT2D eigenvalue weighted by molar-refractivity contribution is 5.65. The fourth-order valence-corrected chi connectivity index (χ4v) is 3.54. The van der Waals surface area contributed by atoms with Gasteiger partial charge < -0.3 is 14.6 Å². The maximum atomic E-state index is 13.0. The lowest BCUT2D eigenvalue weighted by Crippen LogP contribution is -2.27. The van der Waals surface area contributed by atoms with Crippen LogP contribution < -0.4 is 10.2 Å². The van der Waals surface area contributed by atoms with Crippen molar-refractivity contribution in [3.05, 3.63) is 42.4 Å². The number of hydrogen-bond acceptors (Lipinski definition) is 6. The molecule has 1 N–H and O–H groups in total. The third-order valence-electron chi connectivity index (χ3n) is 5.10. The molecule has 2 fully saturated rings. The molecule has 7 nitrogen and oxygen atoms in total. The van der Waals surface area contributed by atoms with Crippen LogP contribution >= 0.6 is 0 Å². The molecule has 0 bridgehead atoms. The molecular weight excluding hydrogens is 371 g/mol. The van der Waals surface area contributed by atoms with Gasteiger partial charge in [-0.25, -0.2) is 19.9 Å². The van der Waals surface area contributed by atoms with Gasteiger partial charge in [0, 0.05) is 49.8 Å². The Hall–Kier alpha value is -2.91. The Morgan fingerprint density at radius 2 is 1.93 bits per heavy atom. The molecule has 3 aromatic rings. The Kier molecular flexibility index (Phi) is 3.88. The van der Waals surface area contributed by atoms with Crippen LogP contribution in [0.15, 0.2) is 30.9 Å². The van der Waals surface area contributed by atoms with E-state index in [9.17, 15) is 13.2 Å². The van der Waals surface area contributed by atoms with Crippen LogP contribution in [0, 0.1) is 0 Å². The van der Waals surface area contributed by atoms with Gasteiger partial charge in [0.2, 0.25) is 0 Å². The first-order chi connectivity index (χ1) is 13.5. The van der Waals surface area contributed by atoms with Crippen LogP contribution in [0.5, 0.6) is 0 Å². The van der Waals surface area contributed by atoms with E-state index in [1.807, 2.05) is 11.0 Å². The highest BCUT2D eigenvalue weighted by atomic mass is 19.4. The van der Waals surface area contributed by atoms with Gasteiger partial charge in [-0.05, 0) is 25.3 Å². The second-order valence-corrected chi connectivity index (χ2v) is 7.26. The predicted octanol–water partition coefficient (Wildman–Crippen LogP) is 3.11. The Balaban J connectivity index is 1.34. The summed E-state index contributed by atoms with van der Waals surface area (Å²) in [6.45, 7) is 1.29. The van der Waals surface area contributed by atoms with Crippen LogP contribution in [0.25, 0.3) is 5.65 Å². The molecule has 2 aliphatic rings. The number of aromatic nitrogens is 5. The van der Waals surface area contributed by atoms with E-state index >= 15 is 0 Å². The Bertz CT molecular complexity index is 1010. The molecule has 5 rings (SSSR count). The summed E-state index contributed by atoms with van der Waals surface area (Å²) in [7, 11) is 0. The summed E-state index contributed by atoms with van der Waals surface area (Å²) >= 11 is 0. The molecule has 3 aromatic heterocycles. The average Bonchev–Trinajstić information content (AvgIpc) is 3.24. The standard InChI is InChI=1S/C18H18F3N7/c19-18(20,21)13-10-28-8-6-23-16(17(28)25-13)27-7-4-12(9-27)24-14-3-5-22-15(26-14)11-1-2-11/h3,5-6,8,10-12H,1-2,4,7,9H2,(H,22,24,26). The van der Waals surface area contributed by atoms with E-state index in [0.29, 0.717) is 24.8 Å². The van der Waals surface area contributed by atoms with E-state index in [1.165, 1.54) is 16.8 Å². The van der Waals surface area contributed by atoms with E-state index in [1.54, 1.807) is 6.20 Å². The van der Waals surface area contributed by atoms with E-state index in [0.717, 1.165) is 37.1 Å². The predicted molar refractivity (Wildman–Crippen MR) is 96.2 cm³/mol. The monoisotopic (exact) mass is 389 g/mol. The van der Waals surface area contributed by atoms with Gasteiger partial charge >= 0.3 is 6.18 Å². The summed E-state index contributed by atoms with van der Waals surface area (Å²) in [4.78, 5) is 18.9. The van der Waals surface area contributed by atoms with Gasteiger partial charge in [-0.2, -0.15) is 13.2 Å². The summed E-state index contributed by atoms with van der Waals surface area (Å²) in [5.41, 5.74) is -0.697. The van der Waals surface area contributed by atoms with Crippen LogP contribution in [0.2, 0.25) is 0 Å². The number of hydrogen-bond donors (Lipinski definition) is 1. The number of imidazole rings is 1. The van der Waals surface area contributed by atoms with E-state index in [-0.39, 0.29) is 11.7 Å². The summed E-state index contributed by atoms with van der Waals surface area (Å²) in [5.74, 6) is 2.61. The molecule has 146 valence electrons. The zero-order valence-electron chi connectivity index (χ0n) is 14.9. The van der Waals surface area contributed by atoms with Crippen LogP contribution in [0.1, 0.15) is 36.7 Å². The van der Waals surface area contributed by atoms with E-state index in [4.69, 9.17) is 0 Å². The van der Waals surface area contributed by atoms with Crippen molar-refractivity contribution in [2.45, 2.75) is 37.4 Å². The molecule has 1 aliphatic carbocycles. The summed E-state index contributed by atoms with van der Waals surface area (Å²) in [5, 5.41) is 3.41. The second-order valence-electron chi connectivity index (χ2n) is 7.26. The number of nitrogens with one attached hydrogen (secondary N) is 1. The molecular formula is C18H18F3N7. The molecule has 0 aromatic carbocycles. The second kappa shape index (κ2) is 6.32. The summed E-state index contributed by atoms with van der Waals surface area (Å²) in [6.07, 6.45) is 4.36. The zero-order chi connectivity index (χ0) is 19.3. The van der Waals surface area contributed by atoms with E-state index in [2.05, 4.69) is 25.3 Å². The molecule has 4 heterocycles. The highest BCUT2D eigenvalue weighted by Crippen LogP contribution is 2.38. The van der Waals surface area contributed by atoms with Crippen molar-refractivity contribution in [2.75, 3.05) is 23.3 Å². The molecule has 1 unspecified atom stereocenters. The smallest absolute Gasteiger partial charge is 0.365 e. The first kappa shape index (κ1) is 17.2. The molecule has 0 radical (unpaired) electrons. The van der Waals surface area contributed by atoms with Gasteiger partial charge in [0.1, 0.15) is 11.6 Å². The lowest BCUT2D eigenvalue weighted by Gasteiger charge is -2.18. The normalized spacial score (nSPS) is 20.1. The minimum Gasteiger partial charge on any atom is -0.365 e. The van der Waals surface area contributed by atoms with Gasteiger partial charge in [-0.3, -0.25) is 0 Å². The molecule has 1 atom stereocenters. The third-order valence-corrected chi connectivity index (χ3v) is 5.10.